The maximum absolute atomic E-state index is 6.49. The number of hydrogen-bond donors (Lipinski definition) is 2. The van der Waals surface area contributed by atoms with E-state index in [0.717, 1.165) is 65.1 Å². The number of nitrogen functional groups attached to an aromatic ring is 1. The zero-order chi connectivity index (χ0) is 37.7. The predicted molar refractivity (Wildman–Crippen MR) is 257 cm³/mol. The molecule has 2 aromatic heterocycles. The van der Waals surface area contributed by atoms with Gasteiger partial charge in [0, 0.05) is 32.9 Å². The van der Waals surface area contributed by atoms with Crippen LogP contribution < -0.4 is 11.1 Å². The molecule has 2 heterocycles. The molecule has 10 rings (SSSR count). The van der Waals surface area contributed by atoms with Gasteiger partial charge in [-0.25, -0.2) is 0 Å². The van der Waals surface area contributed by atoms with E-state index < -0.39 is 0 Å². The summed E-state index contributed by atoms with van der Waals surface area (Å²) in [5.41, 5.74) is 14.9. The van der Waals surface area contributed by atoms with Crippen molar-refractivity contribution >= 4 is 105 Å². The lowest BCUT2D eigenvalue weighted by atomic mass is 9.98. The number of aryl methyl sites for hydroxylation is 2. The largest absolute Gasteiger partial charge is 0.455 e. The highest BCUT2D eigenvalue weighted by molar-refractivity contribution is 14.1. The second kappa shape index (κ2) is 18.4. The second-order valence-electron chi connectivity index (χ2n) is 13.8. The first-order valence-corrected chi connectivity index (χ1v) is 20.1. The highest BCUT2D eigenvalue weighted by atomic mass is 127. The summed E-state index contributed by atoms with van der Waals surface area (Å²) in [6.07, 6.45) is 4.29. The molecule has 3 N–H and O–H groups in total. The molecule has 5 heteroatoms. The Hall–Kier alpha value is -5.79. The summed E-state index contributed by atoms with van der Waals surface area (Å²) in [4.78, 5) is 0. The molecule has 0 bridgehead atoms. The Bertz CT molecular complexity index is 2890. The quantitative estimate of drug-likeness (QED) is 0.129. The number of nitrogens with two attached hydrogens (primary N) is 1. The van der Waals surface area contributed by atoms with Gasteiger partial charge in [0.05, 0.1) is 9.26 Å². The Kier molecular flexibility index (Phi) is 13.2. The van der Waals surface area contributed by atoms with Gasteiger partial charge in [-0.15, -0.1) is 0 Å². The van der Waals surface area contributed by atoms with Crippen LogP contribution >= 0.6 is 22.6 Å². The Morgan fingerprint density at radius 1 is 0.491 bits per heavy atom. The summed E-state index contributed by atoms with van der Waals surface area (Å²) in [6, 6.07) is 54.2. The minimum Gasteiger partial charge on any atom is -0.455 e. The lowest BCUT2D eigenvalue weighted by molar-refractivity contribution is 0.659. The van der Waals surface area contributed by atoms with Crippen molar-refractivity contribution in [3.05, 3.63) is 172 Å². The van der Waals surface area contributed by atoms with Crippen LogP contribution in [0, 0.1) is 3.57 Å². The molecule has 10 aromatic rings. The lowest BCUT2D eigenvalue weighted by Crippen LogP contribution is -1.89. The van der Waals surface area contributed by atoms with E-state index in [2.05, 4.69) is 151 Å². The summed E-state index contributed by atoms with van der Waals surface area (Å²) in [6.45, 7) is 4.43. The molecule has 288 valence electrons. The lowest BCUT2D eigenvalue weighted by Gasteiger charge is -2.06. The topological polar surface area (TPSA) is 64.3 Å². The number of halogens is 1. The monoisotopic (exact) mass is 862 g/mol. The number of fused-ring (bicyclic) bond motifs is 10. The smallest absolute Gasteiger partial charge is 0.158 e. The molecule has 0 saturated heterocycles. The molecule has 0 spiro atoms. The number of rotatable bonds is 6. The summed E-state index contributed by atoms with van der Waals surface area (Å²) < 4.78 is 13.9. The Labute approximate surface area is 349 Å². The van der Waals surface area contributed by atoms with Crippen LogP contribution in [0.2, 0.25) is 0 Å². The maximum Gasteiger partial charge on any atom is 0.158 e. The molecule has 0 fully saturated rings. The molecule has 0 radical (unpaired) electrons. The molecule has 57 heavy (non-hydrogen) atoms. The number of furan rings is 2. The minimum absolute atomic E-state index is 0. The summed E-state index contributed by atoms with van der Waals surface area (Å²) in [5.74, 6) is 0. The van der Waals surface area contributed by atoms with Crippen molar-refractivity contribution in [2.45, 2.75) is 54.4 Å². The van der Waals surface area contributed by atoms with Gasteiger partial charge in [0.1, 0.15) is 16.7 Å². The summed E-state index contributed by atoms with van der Waals surface area (Å²) in [7, 11) is 0. The van der Waals surface area contributed by atoms with Crippen LogP contribution in [0.25, 0.3) is 65.4 Å². The SMILES string of the molecule is C.C.CCCc1cc2ccccc2c2c1oc1c(I)cccc12.CCCc1cc2ccccc2c2c1oc1c(Nc3ccccc3)cccc12.Nc1ccccc1. The van der Waals surface area contributed by atoms with Gasteiger partial charge in [-0.1, -0.05) is 151 Å². The molecule has 0 saturated carbocycles. The van der Waals surface area contributed by atoms with Gasteiger partial charge in [-0.2, -0.15) is 0 Å². The van der Waals surface area contributed by atoms with Crippen LogP contribution in [0.1, 0.15) is 52.7 Å². The van der Waals surface area contributed by atoms with Crippen LogP contribution in [-0.4, -0.2) is 0 Å². The van der Waals surface area contributed by atoms with E-state index in [1.807, 2.05) is 48.5 Å². The van der Waals surface area contributed by atoms with Gasteiger partial charge in [0.15, 0.2) is 5.58 Å². The van der Waals surface area contributed by atoms with Crippen LogP contribution in [0.15, 0.2) is 167 Å². The average Bonchev–Trinajstić information content (AvgIpc) is 3.82. The molecular formula is C52H51IN2O2. The van der Waals surface area contributed by atoms with Gasteiger partial charge in [0.2, 0.25) is 0 Å². The van der Waals surface area contributed by atoms with Crippen molar-refractivity contribution in [1.82, 2.24) is 0 Å². The first kappa shape index (κ1) is 40.9. The van der Waals surface area contributed by atoms with E-state index in [1.54, 1.807) is 0 Å². The van der Waals surface area contributed by atoms with E-state index in [1.165, 1.54) is 57.8 Å². The van der Waals surface area contributed by atoms with Gasteiger partial charge >= 0.3 is 0 Å². The average molecular weight is 863 g/mol. The molecule has 0 aliphatic rings. The number of para-hydroxylation sites is 4. The number of hydrogen-bond acceptors (Lipinski definition) is 4. The maximum atomic E-state index is 6.49. The van der Waals surface area contributed by atoms with Crippen LogP contribution in [0.5, 0.6) is 0 Å². The first-order chi connectivity index (χ1) is 27.0. The second-order valence-corrected chi connectivity index (χ2v) is 15.0. The fourth-order valence-corrected chi connectivity index (χ4v) is 8.15. The molecule has 4 nitrogen and oxygen atoms in total. The van der Waals surface area contributed by atoms with Crippen LogP contribution in [0.4, 0.5) is 17.1 Å². The molecule has 0 unspecified atom stereocenters. The minimum atomic E-state index is 0. The first-order valence-electron chi connectivity index (χ1n) is 19.0. The standard InChI is InChI=1S/C25H21NO.C19H15IO.C6H7N.2CH4/c1-2-9-18-16-17-10-6-7-13-20(17)23-21-14-8-15-22(25(21)27-24(18)23)26-19-11-4-3-5-12-19;1-2-6-13-11-12-7-3-4-8-14(12)17-15-9-5-10-16(20)19(15)21-18(13)17;7-6-4-2-1-3-5-6;;/h3-8,10-16,26H,2,9H2,1H3;3-5,7-11H,2,6H2,1H3;1-5H,7H2;2*1H4. The summed E-state index contributed by atoms with van der Waals surface area (Å²) >= 11 is 2.36. The van der Waals surface area contributed by atoms with Crippen molar-refractivity contribution in [2.75, 3.05) is 11.1 Å². The summed E-state index contributed by atoms with van der Waals surface area (Å²) in [5, 5.41) is 13.5. The van der Waals surface area contributed by atoms with E-state index in [4.69, 9.17) is 14.6 Å². The number of benzene rings is 8. The zero-order valence-corrected chi connectivity index (χ0v) is 33.3. The van der Waals surface area contributed by atoms with Crippen molar-refractivity contribution in [1.29, 1.82) is 0 Å². The van der Waals surface area contributed by atoms with Crippen LogP contribution in [0.3, 0.4) is 0 Å². The van der Waals surface area contributed by atoms with E-state index in [9.17, 15) is 0 Å². The highest BCUT2D eigenvalue weighted by Gasteiger charge is 2.18. The van der Waals surface area contributed by atoms with Gasteiger partial charge in [-0.05, 0) is 117 Å². The van der Waals surface area contributed by atoms with Gasteiger partial charge in [-0.3, -0.25) is 0 Å². The number of anilines is 3. The van der Waals surface area contributed by atoms with Crippen molar-refractivity contribution < 1.29 is 8.83 Å². The molecule has 0 atom stereocenters. The third kappa shape index (κ3) is 8.35. The third-order valence-corrected chi connectivity index (χ3v) is 10.8. The fourth-order valence-electron chi connectivity index (χ4n) is 7.54. The normalized spacial score (nSPS) is 10.8. The Morgan fingerprint density at radius 3 is 1.47 bits per heavy atom. The molecule has 0 amide bonds. The van der Waals surface area contributed by atoms with Gasteiger partial charge in [0.25, 0.3) is 0 Å². The van der Waals surface area contributed by atoms with E-state index >= 15 is 0 Å². The van der Waals surface area contributed by atoms with Gasteiger partial charge < -0.3 is 19.9 Å². The Morgan fingerprint density at radius 2 is 0.947 bits per heavy atom. The predicted octanol–water partition coefficient (Wildman–Crippen LogP) is 16.3. The van der Waals surface area contributed by atoms with Crippen LogP contribution in [-0.2, 0) is 12.8 Å². The fraction of sp³-hybridized carbons (Fsp3) is 0.154. The molecule has 8 aromatic carbocycles. The van der Waals surface area contributed by atoms with E-state index in [0.29, 0.717) is 0 Å². The van der Waals surface area contributed by atoms with Crippen molar-refractivity contribution in [2.24, 2.45) is 0 Å². The zero-order valence-electron chi connectivity index (χ0n) is 31.1. The Balaban J connectivity index is 0.000000163. The highest BCUT2D eigenvalue weighted by Crippen LogP contribution is 2.41. The third-order valence-electron chi connectivity index (χ3n) is 9.98. The van der Waals surface area contributed by atoms with E-state index in [-0.39, 0.29) is 14.9 Å². The number of nitrogens with one attached hydrogen (secondary N) is 1. The van der Waals surface area contributed by atoms with Crippen molar-refractivity contribution in [3.63, 3.8) is 0 Å². The molecule has 0 aliphatic heterocycles. The van der Waals surface area contributed by atoms with Crippen molar-refractivity contribution in [3.8, 4) is 0 Å². The molecule has 0 aliphatic carbocycles. The molecular weight excluding hydrogens is 811 g/mol.